The van der Waals surface area contributed by atoms with E-state index in [4.69, 9.17) is 5.73 Å². The van der Waals surface area contributed by atoms with Crippen LogP contribution in [0.15, 0.2) is 24.3 Å². The second kappa shape index (κ2) is 4.47. The molecule has 0 fully saturated rings. The number of aryl methyl sites for hydroxylation is 1. The third-order valence-electron chi connectivity index (χ3n) is 3.47. The van der Waals surface area contributed by atoms with Crippen molar-refractivity contribution in [1.82, 2.24) is 9.78 Å². The molecule has 0 spiro atoms. The highest BCUT2D eigenvalue weighted by Crippen LogP contribution is 2.32. The van der Waals surface area contributed by atoms with E-state index in [-0.39, 0.29) is 5.69 Å². The van der Waals surface area contributed by atoms with Gasteiger partial charge in [0.25, 0.3) is 5.69 Å². The van der Waals surface area contributed by atoms with Gasteiger partial charge < -0.3 is 5.73 Å². The van der Waals surface area contributed by atoms with E-state index in [0.717, 1.165) is 36.2 Å². The molecular formula is C13H14N4O2. The van der Waals surface area contributed by atoms with E-state index in [2.05, 4.69) is 5.10 Å². The summed E-state index contributed by atoms with van der Waals surface area (Å²) in [5.41, 5.74) is 9.90. The van der Waals surface area contributed by atoms with Gasteiger partial charge in [0.15, 0.2) is 0 Å². The molecule has 19 heavy (non-hydrogen) atoms. The Bertz CT molecular complexity index is 631. The summed E-state index contributed by atoms with van der Waals surface area (Å²) >= 11 is 0. The van der Waals surface area contributed by atoms with Crippen molar-refractivity contribution in [2.24, 2.45) is 5.73 Å². The highest BCUT2D eigenvalue weighted by atomic mass is 16.6. The number of fused-ring (bicyclic) bond motifs is 1. The van der Waals surface area contributed by atoms with Crippen LogP contribution in [-0.2, 0) is 19.5 Å². The molecule has 1 aromatic carbocycles. The molecule has 6 nitrogen and oxygen atoms in total. The van der Waals surface area contributed by atoms with Crippen molar-refractivity contribution in [1.29, 1.82) is 0 Å². The van der Waals surface area contributed by atoms with Crippen molar-refractivity contribution >= 4 is 5.69 Å². The first-order valence-electron chi connectivity index (χ1n) is 6.24. The lowest BCUT2D eigenvalue weighted by Gasteiger charge is -2.03. The largest absolute Gasteiger partial charge is 0.325 e. The minimum atomic E-state index is -0.393. The Hall–Kier alpha value is -2.21. The van der Waals surface area contributed by atoms with Gasteiger partial charge in [0.1, 0.15) is 0 Å². The van der Waals surface area contributed by atoms with Crippen LogP contribution in [0.5, 0.6) is 0 Å². The topological polar surface area (TPSA) is 87.0 Å². The Morgan fingerprint density at radius 3 is 2.74 bits per heavy atom. The first-order chi connectivity index (χ1) is 9.20. The van der Waals surface area contributed by atoms with Crippen LogP contribution in [0.2, 0.25) is 0 Å². The van der Waals surface area contributed by atoms with Gasteiger partial charge in [-0.2, -0.15) is 5.10 Å². The summed E-state index contributed by atoms with van der Waals surface area (Å²) in [5.74, 6) is 0. The summed E-state index contributed by atoms with van der Waals surface area (Å²) in [5, 5.41) is 15.2. The number of hydrogen-bond donors (Lipinski definition) is 1. The van der Waals surface area contributed by atoms with Crippen LogP contribution in [0.25, 0.3) is 11.1 Å². The smallest absolute Gasteiger partial charge is 0.269 e. The predicted octanol–water partition coefficient (Wildman–Crippen LogP) is 1.86. The Labute approximate surface area is 110 Å². The van der Waals surface area contributed by atoms with E-state index in [1.54, 1.807) is 12.1 Å². The van der Waals surface area contributed by atoms with Crippen LogP contribution in [0, 0.1) is 10.1 Å². The molecule has 2 N–H and O–H groups in total. The summed E-state index contributed by atoms with van der Waals surface area (Å²) in [6, 6.07) is 6.59. The molecule has 0 unspecified atom stereocenters. The molecule has 3 rings (SSSR count). The minimum absolute atomic E-state index is 0.0989. The number of rotatable bonds is 3. The Balaban J connectivity index is 2.08. The zero-order valence-electron chi connectivity index (χ0n) is 10.4. The van der Waals surface area contributed by atoms with Crippen molar-refractivity contribution in [3.63, 3.8) is 0 Å². The van der Waals surface area contributed by atoms with Crippen molar-refractivity contribution in [2.45, 2.75) is 25.9 Å². The Morgan fingerprint density at radius 1 is 1.37 bits per heavy atom. The van der Waals surface area contributed by atoms with Crippen LogP contribution in [0.3, 0.4) is 0 Å². The second-order valence-electron chi connectivity index (χ2n) is 4.60. The molecule has 0 atom stereocenters. The first-order valence-corrected chi connectivity index (χ1v) is 6.24. The fraction of sp³-hybridized carbons (Fsp3) is 0.308. The van der Waals surface area contributed by atoms with Gasteiger partial charge in [0, 0.05) is 36.5 Å². The third-order valence-corrected chi connectivity index (χ3v) is 3.47. The molecule has 1 aliphatic heterocycles. The zero-order chi connectivity index (χ0) is 13.4. The van der Waals surface area contributed by atoms with Crippen LogP contribution in [0.4, 0.5) is 5.69 Å². The van der Waals surface area contributed by atoms with E-state index in [0.29, 0.717) is 6.54 Å². The molecule has 0 saturated heterocycles. The molecule has 0 saturated carbocycles. The quantitative estimate of drug-likeness (QED) is 0.672. The highest BCUT2D eigenvalue weighted by Gasteiger charge is 2.22. The van der Waals surface area contributed by atoms with E-state index in [1.165, 1.54) is 17.8 Å². The standard InChI is InChI=1S/C13H14N4O2/c14-8-11-13(12-2-1-7-16(12)15-11)9-3-5-10(6-4-9)17(18)19/h3-6H,1-2,7-8,14H2. The first kappa shape index (κ1) is 11.9. The summed E-state index contributed by atoms with van der Waals surface area (Å²) in [4.78, 5) is 10.3. The predicted molar refractivity (Wildman–Crippen MR) is 70.5 cm³/mol. The van der Waals surface area contributed by atoms with Gasteiger partial charge in [-0.1, -0.05) is 0 Å². The van der Waals surface area contributed by atoms with E-state index < -0.39 is 4.92 Å². The lowest BCUT2D eigenvalue weighted by atomic mass is 10.0. The van der Waals surface area contributed by atoms with Crippen molar-refractivity contribution in [2.75, 3.05) is 0 Å². The fourth-order valence-corrected chi connectivity index (χ4v) is 2.61. The van der Waals surface area contributed by atoms with Crippen LogP contribution in [-0.4, -0.2) is 14.7 Å². The summed E-state index contributed by atoms with van der Waals surface area (Å²) in [6.07, 6.45) is 2.08. The Morgan fingerprint density at radius 2 is 2.11 bits per heavy atom. The fourth-order valence-electron chi connectivity index (χ4n) is 2.61. The molecule has 2 heterocycles. The number of nitro groups is 1. The number of hydrogen-bond acceptors (Lipinski definition) is 4. The number of nitrogens with two attached hydrogens (primary N) is 1. The number of nitro benzene ring substituents is 1. The van der Waals surface area contributed by atoms with Gasteiger partial charge in [-0.25, -0.2) is 0 Å². The second-order valence-corrected chi connectivity index (χ2v) is 4.60. The van der Waals surface area contributed by atoms with Crippen LogP contribution < -0.4 is 5.73 Å². The molecule has 0 bridgehead atoms. The van der Waals surface area contributed by atoms with Crippen molar-refractivity contribution < 1.29 is 4.92 Å². The molecule has 2 aromatic rings. The molecule has 1 aromatic heterocycles. The van der Waals surface area contributed by atoms with Crippen molar-refractivity contribution in [3.05, 3.63) is 45.8 Å². The molecule has 0 aliphatic carbocycles. The van der Waals surface area contributed by atoms with Gasteiger partial charge in [0.05, 0.1) is 10.6 Å². The van der Waals surface area contributed by atoms with Gasteiger partial charge >= 0.3 is 0 Å². The average Bonchev–Trinajstić information content (AvgIpc) is 2.98. The Kier molecular flexibility index (Phi) is 2.79. The monoisotopic (exact) mass is 258 g/mol. The van der Waals surface area contributed by atoms with Gasteiger partial charge in [-0.15, -0.1) is 0 Å². The molecular weight excluding hydrogens is 244 g/mol. The lowest BCUT2D eigenvalue weighted by molar-refractivity contribution is -0.384. The maximum atomic E-state index is 10.7. The highest BCUT2D eigenvalue weighted by molar-refractivity contribution is 5.70. The number of non-ortho nitro benzene ring substituents is 1. The van der Waals surface area contributed by atoms with Gasteiger partial charge in [-0.3, -0.25) is 14.8 Å². The number of benzene rings is 1. The summed E-state index contributed by atoms with van der Waals surface area (Å²) in [7, 11) is 0. The number of aromatic nitrogens is 2. The maximum Gasteiger partial charge on any atom is 0.269 e. The third kappa shape index (κ3) is 1.90. The molecule has 6 heteroatoms. The zero-order valence-corrected chi connectivity index (χ0v) is 10.4. The molecule has 0 amide bonds. The maximum absolute atomic E-state index is 10.7. The van der Waals surface area contributed by atoms with E-state index >= 15 is 0 Å². The SMILES string of the molecule is NCc1nn2c(c1-c1ccc([N+](=O)[O-])cc1)CCC2. The average molecular weight is 258 g/mol. The van der Waals surface area contributed by atoms with E-state index in [1.807, 2.05) is 4.68 Å². The van der Waals surface area contributed by atoms with Crippen LogP contribution in [0.1, 0.15) is 17.8 Å². The van der Waals surface area contributed by atoms with E-state index in [9.17, 15) is 10.1 Å². The van der Waals surface area contributed by atoms with Gasteiger partial charge in [0.2, 0.25) is 0 Å². The number of nitrogens with zero attached hydrogens (tertiary/aromatic N) is 3. The molecule has 1 aliphatic rings. The minimum Gasteiger partial charge on any atom is -0.325 e. The lowest BCUT2D eigenvalue weighted by Crippen LogP contribution is -2.01. The summed E-state index contributed by atoms with van der Waals surface area (Å²) < 4.78 is 2.00. The summed E-state index contributed by atoms with van der Waals surface area (Å²) in [6.45, 7) is 1.31. The van der Waals surface area contributed by atoms with Crippen LogP contribution >= 0.6 is 0 Å². The normalized spacial score (nSPS) is 13.5. The van der Waals surface area contributed by atoms with Crippen molar-refractivity contribution in [3.8, 4) is 11.1 Å². The molecule has 98 valence electrons. The van der Waals surface area contributed by atoms with Gasteiger partial charge in [-0.05, 0) is 30.5 Å². The molecule has 0 radical (unpaired) electrons.